The van der Waals surface area contributed by atoms with Crippen molar-refractivity contribution in [3.8, 4) is 5.75 Å². The number of methoxy groups -OCH3 is 1. The van der Waals surface area contributed by atoms with Crippen LogP contribution in [0.15, 0.2) is 53.3 Å². The fourth-order valence-electron chi connectivity index (χ4n) is 4.20. The van der Waals surface area contributed by atoms with Gasteiger partial charge in [-0.15, -0.1) is 0 Å². The molecule has 28 heavy (non-hydrogen) atoms. The van der Waals surface area contributed by atoms with Crippen molar-refractivity contribution in [1.82, 2.24) is 14.9 Å². The van der Waals surface area contributed by atoms with Crippen LogP contribution in [0.3, 0.4) is 0 Å². The molecule has 1 aromatic heterocycles. The van der Waals surface area contributed by atoms with Crippen molar-refractivity contribution >= 4 is 16.9 Å². The Morgan fingerprint density at radius 2 is 2.00 bits per heavy atom. The van der Waals surface area contributed by atoms with E-state index in [0.717, 1.165) is 31.7 Å². The van der Waals surface area contributed by atoms with Gasteiger partial charge in [0.25, 0.3) is 5.56 Å². The standard InChI is InChI=1S/C22H26N4O2/c1-26-13-5-6-16(20(26)15-9-11-17(28-2)12-10-15)14-23-22-24-19-8-4-3-7-18(19)21(27)25-22/h3-4,7-12,16,20H,5-6,13-14H2,1-2H3,(H2,23,24,25,27). The number of H-pyrrole nitrogens is 1. The first-order valence-corrected chi connectivity index (χ1v) is 9.73. The zero-order valence-corrected chi connectivity index (χ0v) is 16.3. The number of nitrogens with one attached hydrogen (secondary N) is 2. The highest BCUT2D eigenvalue weighted by Crippen LogP contribution is 2.35. The normalized spacial score (nSPS) is 20.2. The molecular weight excluding hydrogens is 352 g/mol. The van der Waals surface area contributed by atoms with Gasteiger partial charge in [-0.2, -0.15) is 0 Å². The monoisotopic (exact) mass is 378 g/mol. The molecule has 1 aliphatic heterocycles. The number of fused-ring (bicyclic) bond motifs is 1. The van der Waals surface area contributed by atoms with Crippen LogP contribution in [0.1, 0.15) is 24.4 Å². The Balaban J connectivity index is 1.54. The summed E-state index contributed by atoms with van der Waals surface area (Å²) in [7, 11) is 3.86. The molecule has 0 bridgehead atoms. The summed E-state index contributed by atoms with van der Waals surface area (Å²) in [4.78, 5) is 22.1. The molecule has 2 heterocycles. The molecular formula is C22H26N4O2. The molecule has 3 aromatic rings. The Bertz CT molecular complexity index is 999. The minimum Gasteiger partial charge on any atom is -0.497 e. The molecule has 0 spiro atoms. The van der Waals surface area contributed by atoms with Gasteiger partial charge in [-0.3, -0.25) is 14.7 Å². The van der Waals surface area contributed by atoms with Crippen molar-refractivity contribution in [2.24, 2.45) is 5.92 Å². The summed E-state index contributed by atoms with van der Waals surface area (Å²) in [6, 6.07) is 16.1. The lowest BCUT2D eigenvalue weighted by Crippen LogP contribution is -2.39. The van der Waals surface area contributed by atoms with Crippen LogP contribution in [0.2, 0.25) is 0 Å². The molecule has 2 unspecified atom stereocenters. The van der Waals surface area contributed by atoms with E-state index in [4.69, 9.17) is 4.74 Å². The van der Waals surface area contributed by atoms with E-state index < -0.39 is 0 Å². The van der Waals surface area contributed by atoms with E-state index in [-0.39, 0.29) is 5.56 Å². The fourth-order valence-corrected chi connectivity index (χ4v) is 4.20. The van der Waals surface area contributed by atoms with Gasteiger partial charge >= 0.3 is 0 Å². The number of hydrogen-bond acceptors (Lipinski definition) is 5. The average molecular weight is 378 g/mol. The quantitative estimate of drug-likeness (QED) is 0.712. The third kappa shape index (κ3) is 3.73. The van der Waals surface area contributed by atoms with Crippen molar-refractivity contribution in [1.29, 1.82) is 0 Å². The molecule has 0 radical (unpaired) electrons. The van der Waals surface area contributed by atoms with Crippen molar-refractivity contribution < 1.29 is 4.74 Å². The maximum atomic E-state index is 12.3. The lowest BCUT2D eigenvalue weighted by molar-refractivity contribution is 0.127. The first-order chi connectivity index (χ1) is 13.7. The number of benzene rings is 2. The topological polar surface area (TPSA) is 70.2 Å². The lowest BCUT2D eigenvalue weighted by atomic mass is 9.85. The minimum atomic E-state index is -0.111. The summed E-state index contributed by atoms with van der Waals surface area (Å²) in [5, 5.41) is 3.98. The van der Waals surface area contributed by atoms with Crippen LogP contribution in [0.25, 0.3) is 10.9 Å². The van der Waals surface area contributed by atoms with Crippen molar-refractivity contribution in [3.05, 3.63) is 64.4 Å². The van der Waals surface area contributed by atoms with E-state index >= 15 is 0 Å². The summed E-state index contributed by atoms with van der Waals surface area (Å²) in [6.45, 7) is 1.83. The van der Waals surface area contributed by atoms with Gasteiger partial charge in [-0.25, -0.2) is 4.98 Å². The number of hydrogen-bond donors (Lipinski definition) is 2. The molecule has 146 valence electrons. The van der Waals surface area contributed by atoms with E-state index in [1.165, 1.54) is 5.56 Å². The molecule has 6 heteroatoms. The second kappa shape index (κ2) is 8.02. The van der Waals surface area contributed by atoms with Crippen molar-refractivity contribution in [2.75, 3.05) is 32.6 Å². The highest BCUT2D eigenvalue weighted by atomic mass is 16.5. The highest BCUT2D eigenvalue weighted by molar-refractivity contribution is 5.78. The molecule has 2 aromatic carbocycles. The zero-order valence-electron chi connectivity index (χ0n) is 16.3. The van der Waals surface area contributed by atoms with Gasteiger partial charge in [0.2, 0.25) is 5.95 Å². The first kappa shape index (κ1) is 18.5. The fraction of sp³-hybridized carbons (Fsp3) is 0.364. The number of anilines is 1. The zero-order chi connectivity index (χ0) is 19.5. The van der Waals surface area contributed by atoms with E-state index in [0.29, 0.717) is 28.8 Å². The summed E-state index contributed by atoms with van der Waals surface area (Å²) < 4.78 is 5.29. The van der Waals surface area contributed by atoms with Crippen LogP contribution in [0.4, 0.5) is 5.95 Å². The summed E-state index contributed by atoms with van der Waals surface area (Å²) in [5.41, 5.74) is 1.89. The SMILES string of the molecule is COc1ccc(C2C(CNc3nc4ccccc4c(=O)[nH]3)CCCN2C)cc1. The minimum absolute atomic E-state index is 0.111. The maximum Gasteiger partial charge on any atom is 0.260 e. The van der Waals surface area contributed by atoms with Crippen LogP contribution in [-0.4, -0.2) is 42.1 Å². The van der Waals surface area contributed by atoms with Gasteiger partial charge in [-0.05, 0) is 62.2 Å². The Morgan fingerprint density at radius 1 is 1.21 bits per heavy atom. The smallest absolute Gasteiger partial charge is 0.260 e. The van der Waals surface area contributed by atoms with Gasteiger partial charge in [0, 0.05) is 12.6 Å². The largest absolute Gasteiger partial charge is 0.497 e. The molecule has 1 aliphatic rings. The predicted molar refractivity (Wildman–Crippen MR) is 112 cm³/mol. The van der Waals surface area contributed by atoms with E-state index in [1.54, 1.807) is 13.2 Å². The van der Waals surface area contributed by atoms with Gasteiger partial charge in [0.15, 0.2) is 0 Å². The average Bonchev–Trinajstić information content (AvgIpc) is 2.72. The lowest BCUT2D eigenvalue weighted by Gasteiger charge is -2.39. The third-order valence-corrected chi connectivity index (χ3v) is 5.61. The number of para-hydroxylation sites is 1. The van der Waals surface area contributed by atoms with Crippen LogP contribution < -0.4 is 15.6 Å². The number of aromatic amines is 1. The van der Waals surface area contributed by atoms with Crippen LogP contribution >= 0.6 is 0 Å². The maximum absolute atomic E-state index is 12.3. The van der Waals surface area contributed by atoms with Gasteiger partial charge in [0.1, 0.15) is 5.75 Å². The first-order valence-electron chi connectivity index (χ1n) is 9.73. The highest BCUT2D eigenvalue weighted by Gasteiger charge is 2.30. The van der Waals surface area contributed by atoms with E-state index in [1.807, 2.05) is 30.3 Å². The number of likely N-dealkylation sites (tertiary alicyclic amines) is 1. The van der Waals surface area contributed by atoms with Crippen molar-refractivity contribution in [2.45, 2.75) is 18.9 Å². The molecule has 2 N–H and O–H groups in total. The molecule has 6 nitrogen and oxygen atoms in total. The predicted octanol–water partition coefficient (Wildman–Crippen LogP) is 3.43. The Kier molecular flexibility index (Phi) is 5.30. The second-order valence-electron chi connectivity index (χ2n) is 7.41. The molecule has 4 rings (SSSR count). The molecule has 0 amide bonds. The summed E-state index contributed by atoms with van der Waals surface area (Å²) >= 11 is 0. The number of piperidine rings is 1. The molecule has 1 saturated heterocycles. The van der Waals surface area contributed by atoms with Gasteiger partial charge in [-0.1, -0.05) is 24.3 Å². The number of nitrogens with zero attached hydrogens (tertiary/aromatic N) is 2. The second-order valence-corrected chi connectivity index (χ2v) is 7.41. The summed E-state index contributed by atoms with van der Waals surface area (Å²) in [6.07, 6.45) is 2.29. The number of rotatable bonds is 5. The van der Waals surface area contributed by atoms with Crippen LogP contribution in [-0.2, 0) is 0 Å². The number of aromatic nitrogens is 2. The van der Waals surface area contributed by atoms with Gasteiger partial charge in [0.05, 0.1) is 18.0 Å². The third-order valence-electron chi connectivity index (χ3n) is 5.61. The van der Waals surface area contributed by atoms with Gasteiger partial charge < -0.3 is 10.1 Å². The van der Waals surface area contributed by atoms with Crippen LogP contribution in [0, 0.1) is 5.92 Å². The molecule has 0 saturated carbocycles. The van der Waals surface area contributed by atoms with Crippen molar-refractivity contribution in [3.63, 3.8) is 0 Å². The Morgan fingerprint density at radius 3 is 2.79 bits per heavy atom. The van der Waals surface area contributed by atoms with Crippen LogP contribution in [0.5, 0.6) is 5.75 Å². The number of ether oxygens (including phenoxy) is 1. The molecule has 2 atom stereocenters. The Hall–Kier alpha value is -2.86. The van der Waals surface area contributed by atoms with E-state index in [2.05, 4.69) is 39.4 Å². The molecule has 1 fully saturated rings. The Labute approximate surface area is 164 Å². The summed E-state index contributed by atoms with van der Waals surface area (Å²) in [5.74, 6) is 1.82. The van der Waals surface area contributed by atoms with E-state index in [9.17, 15) is 4.79 Å². The molecule has 0 aliphatic carbocycles.